The maximum atomic E-state index is 11.8. The average molecular weight is 250 g/mol. The molecule has 18 heavy (non-hydrogen) atoms. The molecule has 1 aliphatic rings. The van der Waals surface area contributed by atoms with E-state index in [9.17, 15) is 9.59 Å². The number of nitrogens with zero attached hydrogens (tertiary/aromatic N) is 2. The molecule has 0 aliphatic heterocycles. The minimum atomic E-state index is -0.395. The normalized spacial score (nSPS) is 22.6. The molecule has 1 aromatic rings. The van der Waals surface area contributed by atoms with Gasteiger partial charge in [0.05, 0.1) is 6.04 Å². The topological polar surface area (TPSA) is 71.8 Å². The Morgan fingerprint density at radius 3 is 2.44 bits per heavy atom. The molecule has 6 nitrogen and oxygen atoms in total. The molecule has 98 valence electrons. The molecule has 0 bridgehead atoms. The number of nitrogens with one attached hydrogen (secondary N) is 2. The van der Waals surface area contributed by atoms with E-state index in [4.69, 9.17) is 0 Å². The summed E-state index contributed by atoms with van der Waals surface area (Å²) in [7, 11) is 1.46. The molecule has 0 spiro atoms. The molecular formula is C12H18N4O2. The Hall–Kier alpha value is -1.82. The molecular weight excluding hydrogens is 232 g/mol. The minimum absolute atomic E-state index is 0.201. The first-order chi connectivity index (χ1) is 8.63. The van der Waals surface area contributed by atoms with Crippen molar-refractivity contribution in [1.29, 1.82) is 0 Å². The van der Waals surface area contributed by atoms with Crippen LogP contribution in [0.2, 0.25) is 0 Å². The predicted octanol–water partition coefficient (Wildman–Crippen LogP) is -0.0896. The third-order valence-electron chi connectivity index (χ3n) is 2.97. The fraction of sp³-hybridized carbons (Fsp3) is 0.500. The van der Waals surface area contributed by atoms with Crippen LogP contribution in [-0.4, -0.2) is 26.9 Å². The van der Waals surface area contributed by atoms with Gasteiger partial charge in [0.1, 0.15) is 0 Å². The third kappa shape index (κ3) is 2.38. The molecule has 6 heteroatoms. The fourth-order valence-corrected chi connectivity index (χ4v) is 1.89. The largest absolute Gasteiger partial charge is 0.347 e. The number of allylic oxidation sites excluding steroid dienone is 2. The van der Waals surface area contributed by atoms with E-state index < -0.39 is 5.69 Å². The van der Waals surface area contributed by atoms with Gasteiger partial charge in [0.15, 0.2) is 0 Å². The van der Waals surface area contributed by atoms with Crippen molar-refractivity contribution in [3.05, 3.63) is 45.3 Å². The van der Waals surface area contributed by atoms with Crippen LogP contribution in [0, 0.1) is 0 Å². The van der Waals surface area contributed by atoms with Crippen LogP contribution in [0.3, 0.4) is 0 Å². The summed E-state index contributed by atoms with van der Waals surface area (Å²) in [6.07, 6.45) is 8.89. The lowest BCUT2D eigenvalue weighted by Gasteiger charge is -2.17. The lowest BCUT2D eigenvalue weighted by molar-refractivity contribution is 0.572. The van der Waals surface area contributed by atoms with Gasteiger partial charge in [0, 0.05) is 13.1 Å². The van der Waals surface area contributed by atoms with Gasteiger partial charge in [-0.25, -0.2) is 23.9 Å². The maximum absolute atomic E-state index is 11.8. The van der Waals surface area contributed by atoms with Crippen LogP contribution in [0.1, 0.15) is 19.4 Å². The number of H-pyrrole nitrogens is 1. The van der Waals surface area contributed by atoms with Gasteiger partial charge < -0.3 is 5.32 Å². The van der Waals surface area contributed by atoms with Crippen molar-refractivity contribution in [2.45, 2.75) is 25.4 Å². The highest BCUT2D eigenvalue weighted by molar-refractivity contribution is 5.18. The van der Waals surface area contributed by atoms with Gasteiger partial charge in [-0.1, -0.05) is 31.2 Å². The highest BCUT2D eigenvalue weighted by Gasteiger charge is 2.14. The zero-order chi connectivity index (χ0) is 13.1. The molecule has 0 fully saturated rings. The van der Waals surface area contributed by atoms with E-state index in [1.807, 2.05) is 24.3 Å². The average Bonchev–Trinajstić information content (AvgIpc) is 2.65. The summed E-state index contributed by atoms with van der Waals surface area (Å²) < 4.78 is 2.38. The van der Waals surface area contributed by atoms with E-state index in [0.717, 1.165) is 17.5 Å². The van der Waals surface area contributed by atoms with Crippen molar-refractivity contribution in [2.75, 3.05) is 6.54 Å². The second-order valence-corrected chi connectivity index (χ2v) is 4.37. The van der Waals surface area contributed by atoms with Crippen LogP contribution >= 0.6 is 0 Å². The van der Waals surface area contributed by atoms with E-state index in [0.29, 0.717) is 0 Å². The van der Waals surface area contributed by atoms with Gasteiger partial charge in [0.2, 0.25) is 0 Å². The SMILES string of the molecule is CCCNC1C=CC(n2[nH]c(=O)n(C)c2=O)C=C1. The van der Waals surface area contributed by atoms with Gasteiger partial charge >= 0.3 is 11.4 Å². The van der Waals surface area contributed by atoms with E-state index in [1.165, 1.54) is 11.7 Å². The van der Waals surface area contributed by atoms with Crippen LogP contribution < -0.4 is 16.7 Å². The molecule has 0 unspecified atom stereocenters. The molecule has 2 N–H and O–H groups in total. The van der Waals surface area contributed by atoms with Crippen LogP contribution in [-0.2, 0) is 7.05 Å². The minimum Gasteiger partial charge on any atom is -0.307 e. The molecule has 0 aromatic carbocycles. The molecule has 0 saturated carbocycles. The summed E-state index contributed by atoms with van der Waals surface area (Å²) in [5, 5.41) is 5.87. The Kier molecular flexibility index (Phi) is 3.66. The first-order valence-corrected chi connectivity index (χ1v) is 6.11. The first kappa shape index (κ1) is 12.6. The standard InChI is InChI=1S/C12H18N4O2/c1-3-8-13-9-4-6-10(7-5-9)16-12(18)15(2)11(17)14-16/h4-7,9-10,13H,3,8H2,1-2H3,(H,14,17). The smallest absolute Gasteiger partial charge is 0.307 e. The van der Waals surface area contributed by atoms with Crippen molar-refractivity contribution >= 4 is 0 Å². The third-order valence-corrected chi connectivity index (χ3v) is 2.97. The Morgan fingerprint density at radius 1 is 1.28 bits per heavy atom. The first-order valence-electron chi connectivity index (χ1n) is 6.11. The van der Waals surface area contributed by atoms with Gasteiger partial charge in [0.25, 0.3) is 0 Å². The molecule has 1 heterocycles. The monoisotopic (exact) mass is 250 g/mol. The Labute approximate surface area is 105 Å². The molecule has 0 saturated heterocycles. The lowest BCUT2D eigenvalue weighted by atomic mass is 10.1. The second-order valence-electron chi connectivity index (χ2n) is 4.37. The van der Waals surface area contributed by atoms with Crippen molar-refractivity contribution < 1.29 is 0 Å². The highest BCUT2D eigenvalue weighted by atomic mass is 16.2. The van der Waals surface area contributed by atoms with Crippen molar-refractivity contribution in [3.63, 3.8) is 0 Å². The Morgan fingerprint density at radius 2 is 1.94 bits per heavy atom. The number of aromatic nitrogens is 3. The van der Waals surface area contributed by atoms with Gasteiger partial charge in [-0.2, -0.15) is 0 Å². The van der Waals surface area contributed by atoms with Crippen LogP contribution in [0.5, 0.6) is 0 Å². The number of rotatable bonds is 4. The summed E-state index contributed by atoms with van der Waals surface area (Å²) in [5.74, 6) is 0. The van der Waals surface area contributed by atoms with E-state index in [-0.39, 0.29) is 17.8 Å². The van der Waals surface area contributed by atoms with Gasteiger partial charge in [-0.15, -0.1) is 0 Å². The molecule has 0 amide bonds. The van der Waals surface area contributed by atoms with E-state index in [2.05, 4.69) is 17.3 Å². The number of hydrogen-bond donors (Lipinski definition) is 2. The summed E-state index contributed by atoms with van der Waals surface area (Å²) in [6.45, 7) is 3.06. The summed E-state index contributed by atoms with van der Waals surface area (Å²) in [4.78, 5) is 23.1. The molecule has 0 atom stereocenters. The van der Waals surface area contributed by atoms with Crippen LogP contribution in [0.15, 0.2) is 33.9 Å². The second kappa shape index (κ2) is 5.22. The number of hydrogen-bond acceptors (Lipinski definition) is 3. The zero-order valence-electron chi connectivity index (χ0n) is 10.6. The van der Waals surface area contributed by atoms with Gasteiger partial charge in [-0.05, 0) is 13.0 Å². The van der Waals surface area contributed by atoms with E-state index in [1.54, 1.807) is 0 Å². The molecule has 2 rings (SSSR count). The Balaban J connectivity index is 2.14. The lowest BCUT2D eigenvalue weighted by Crippen LogP contribution is -2.30. The van der Waals surface area contributed by atoms with E-state index >= 15 is 0 Å². The van der Waals surface area contributed by atoms with Crippen LogP contribution in [0.4, 0.5) is 0 Å². The highest BCUT2D eigenvalue weighted by Crippen LogP contribution is 2.12. The van der Waals surface area contributed by atoms with Gasteiger partial charge in [-0.3, -0.25) is 0 Å². The quantitative estimate of drug-likeness (QED) is 0.734. The van der Waals surface area contributed by atoms with Crippen molar-refractivity contribution in [3.8, 4) is 0 Å². The maximum Gasteiger partial charge on any atom is 0.347 e. The molecule has 1 aliphatic carbocycles. The molecule has 1 aromatic heterocycles. The summed E-state index contributed by atoms with van der Waals surface area (Å²) in [5.41, 5.74) is -0.729. The fourth-order valence-electron chi connectivity index (χ4n) is 1.89. The van der Waals surface area contributed by atoms with Crippen molar-refractivity contribution in [2.24, 2.45) is 7.05 Å². The molecule has 0 radical (unpaired) electrons. The van der Waals surface area contributed by atoms with Crippen molar-refractivity contribution in [1.82, 2.24) is 19.7 Å². The summed E-state index contributed by atoms with van der Waals surface area (Å²) in [6, 6.07) is -0.0154. The Bertz CT molecular complexity index is 562. The zero-order valence-corrected chi connectivity index (χ0v) is 10.6. The predicted molar refractivity (Wildman–Crippen MR) is 69.7 cm³/mol. The number of aromatic amines is 1. The summed E-state index contributed by atoms with van der Waals surface area (Å²) >= 11 is 0. The van der Waals surface area contributed by atoms with Crippen LogP contribution in [0.25, 0.3) is 0 Å².